The molecule has 4 aromatic rings. The van der Waals surface area contributed by atoms with Gasteiger partial charge in [-0.3, -0.25) is 9.59 Å². The maximum absolute atomic E-state index is 13.2. The Kier molecular flexibility index (Phi) is 10.3. The maximum Gasteiger partial charge on any atom is 0.328 e. The molecule has 44 heavy (non-hydrogen) atoms. The number of carbonyl (C=O) groups is 3. The minimum absolute atomic E-state index is 0.0689. The van der Waals surface area contributed by atoms with E-state index in [1.807, 2.05) is 53.4 Å². The number of nitrogens with zero attached hydrogens (tertiary/aromatic N) is 1. The van der Waals surface area contributed by atoms with Crippen molar-refractivity contribution >= 4 is 29.4 Å². The van der Waals surface area contributed by atoms with E-state index in [0.717, 1.165) is 18.4 Å². The summed E-state index contributed by atoms with van der Waals surface area (Å²) < 4.78 is 16.3. The average molecular weight is 593 g/mol. The van der Waals surface area contributed by atoms with E-state index in [-0.39, 0.29) is 11.7 Å². The summed E-state index contributed by atoms with van der Waals surface area (Å²) in [6, 6.07) is 26.5. The Morgan fingerprint density at radius 2 is 1.70 bits per heavy atom. The third-order valence-corrected chi connectivity index (χ3v) is 7.44. The van der Waals surface area contributed by atoms with Crippen LogP contribution in [0.4, 0.5) is 5.69 Å². The fourth-order valence-electron chi connectivity index (χ4n) is 4.85. The molecule has 8 heteroatoms. The van der Waals surface area contributed by atoms with E-state index in [0.29, 0.717) is 60.4 Å². The normalized spacial score (nSPS) is 13.3. The number of furan rings is 1. The van der Waals surface area contributed by atoms with Gasteiger partial charge < -0.3 is 24.1 Å². The first-order valence-corrected chi connectivity index (χ1v) is 14.8. The highest BCUT2D eigenvalue weighted by Crippen LogP contribution is 2.30. The molecule has 1 aliphatic carbocycles. The first kappa shape index (κ1) is 30.4. The van der Waals surface area contributed by atoms with Crippen molar-refractivity contribution in [3.05, 3.63) is 126 Å². The summed E-state index contributed by atoms with van der Waals surface area (Å²) >= 11 is 0. The van der Waals surface area contributed by atoms with Crippen LogP contribution in [0.5, 0.6) is 5.75 Å². The molecule has 5 rings (SSSR count). The highest BCUT2D eigenvalue weighted by molar-refractivity contribution is 6.12. The highest BCUT2D eigenvalue weighted by atomic mass is 16.5. The lowest BCUT2D eigenvalue weighted by Crippen LogP contribution is -2.35. The fraction of sp³-hybridized carbons (Fsp3) is 0.250. The number of ketones is 1. The highest BCUT2D eigenvalue weighted by Gasteiger charge is 2.26. The SMILES string of the molecule is COC(=O)[C@H](Cc1ccc(OCCN(CC2CC2)C(=O)/C=C/c2ccco2)cc1)Nc1ccccc1C(=O)c1ccccc1. The summed E-state index contributed by atoms with van der Waals surface area (Å²) in [5.41, 5.74) is 2.49. The lowest BCUT2D eigenvalue weighted by atomic mass is 10.00. The third kappa shape index (κ3) is 8.47. The van der Waals surface area contributed by atoms with Crippen LogP contribution in [0.3, 0.4) is 0 Å². The van der Waals surface area contributed by atoms with Gasteiger partial charge >= 0.3 is 5.97 Å². The number of methoxy groups -OCH3 is 1. The number of benzene rings is 3. The van der Waals surface area contributed by atoms with Crippen molar-refractivity contribution in [3.63, 3.8) is 0 Å². The second kappa shape index (κ2) is 14.9. The maximum atomic E-state index is 13.2. The van der Waals surface area contributed by atoms with Gasteiger partial charge in [-0.15, -0.1) is 0 Å². The molecular formula is C36H36N2O6. The Hall–Kier alpha value is -5.11. The lowest BCUT2D eigenvalue weighted by Gasteiger charge is -2.21. The first-order chi connectivity index (χ1) is 21.5. The molecule has 1 N–H and O–H groups in total. The molecule has 1 aliphatic rings. The van der Waals surface area contributed by atoms with Crippen LogP contribution >= 0.6 is 0 Å². The number of carbonyl (C=O) groups excluding carboxylic acids is 3. The molecule has 0 unspecified atom stereocenters. The number of amides is 1. The van der Waals surface area contributed by atoms with Crippen molar-refractivity contribution in [2.24, 2.45) is 5.92 Å². The average Bonchev–Trinajstić information content (AvgIpc) is 3.73. The van der Waals surface area contributed by atoms with Crippen LogP contribution in [0.1, 0.15) is 40.1 Å². The van der Waals surface area contributed by atoms with Gasteiger partial charge in [0.2, 0.25) is 5.91 Å². The van der Waals surface area contributed by atoms with Crippen LogP contribution in [0, 0.1) is 5.92 Å². The first-order valence-electron chi connectivity index (χ1n) is 14.8. The Morgan fingerprint density at radius 3 is 2.41 bits per heavy atom. The molecular weight excluding hydrogens is 556 g/mol. The van der Waals surface area contributed by atoms with Crippen molar-refractivity contribution in [2.45, 2.75) is 25.3 Å². The predicted molar refractivity (Wildman–Crippen MR) is 168 cm³/mol. The molecule has 8 nitrogen and oxygen atoms in total. The van der Waals surface area contributed by atoms with E-state index >= 15 is 0 Å². The van der Waals surface area contributed by atoms with Crippen molar-refractivity contribution in [1.82, 2.24) is 4.90 Å². The van der Waals surface area contributed by atoms with Crippen LogP contribution in [-0.4, -0.2) is 55.4 Å². The molecule has 1 amide bonds. The number of hydrogen-bond donors (Lipinski definition) is 1. The van der Waals surface area contributed by atoms with Crippen LogP contribution in [0.25, 0.3) is 6.08 Å². The van der Waals surface area contributed by atoms with Gasteiger partial charge in [0.1, 0.15) is 24.2 Å². The summed E-state index contributed by atoms with van der Waals surface area (Å²) in [6.07, 6.45) is 7.42. The number of para-hydroxylation sites is 1. The van der Waals surface area contributed by atoms with Gasteiger partial charge in [0.05, 0.1) is 19.9 Å². The summed E-state index contributed by atoms with van der Waals surface area (Å²) in [6.45, 7) is 1.53. The molecule has 0 spiro atoms. The summed E-state index contributed by atoms with van der Waals surface area (Å²) in [7, 11) is 1.35. The topological polar surface area (TPSA) is 98.1 Å². The molecule has 1 atom stereocenters. The van der Waals surface area contributed by atoms with Gasteiger partial charge in [0.15, 0.2) is 5.78 Å². The van der Waals surface area contributed by atoms with Gasteiger partial charge in [0, 0.05) is 35.9 Å². The third-order valence-electron chi connectivity index (χ3n) is 7.44. The van der Waals surface area contributed by atoms with Crippen LogP contribution in [0.15, 0.2) is 108 Å². The molecule has 1 aromatic heterocycles. The van der Waals surface area contributed by atoms with Crippen molar-refractivity contribution < 1.29 is 28.3 Å². The zero-order valence-corrected chi connectivity index (χ0v) is 24.7. The Bertz CT molecular complexity index is 1560. The second-order valence-electron chi connectivity index (χ2n) is 10.7. The van der Waals surface area contributed by atoms with E-state index in [4.69, 9.17) is 13.9 Å². The molecule has 1 heterocycles. The van der Waals surface area contributed by atoms with Crippen LogP contribution in [-0.2, 0) is 20.7 Å². The van der Waals surface area contributed by atoms with E-state index in [1.54, 1.807) is 54.8 Å². The van der Waals surface area contributed by atoms with Gasteiger partial charge in [-0.05, 0) is 66.8 Å². The lowest BCUT2D eigenvalue weighted by molar-refractivity contribution is -0.141. The van der Waals surface area contributed by atoms with E-state index < -0.39 is 12.0 Å². The second-order valence-corrected chi connectivity index (χ2v) is 10.7. The van der Waals surface area contributed by atoms with Crippen LogP contribution in [0.2, 0.25) is 0 Å². The smallest absolute Gasteiger partial charge is 0.328 e. The number of nitrogens with one attached hydrogen (secondary N) is 1. The zero-order valence-electron chi connectivity index (χ0n) is 24.7. The molecule has 0 bridgehead atoms. The van der Waals surface area contributed by atoms with Crippen LogP contribution < -0.4 is 10.1 Å². The molecule has 226 valence electrons. The molecule has 3 aromatic carbocycles. The van der Waals surface area contributed by atoms with E-state index in [9.17, 15) is 14.4 Å². The number of ether oxygens (including phenoxy) is 2. The minimum Gasteiger partial charge on any atom is -0.492 e. The van der Waals surface area contributed by atoms with Crippen molar-refractivity contribution in [3.8, 4) is 5.75 Å². The van der Waals surface area contributed by atoms with Gasteiger partial charge in [-0.2, -0.15) is 0 Å². The Labute approximate surface area is 257 Å². The van der Waals surface area contributed by atoms with Crippen molar-refractivity contribution in [2.75, 3.05) is 32.1 Å². The monoisotopic (exact) mass is 592 g/mol. The fourth-order valence-corrected chi connectivity index (χ4v) is 4.85. The number of esters is 1. The summed E-state index contributed by atoms with van der Waals surface area (Å²) in [5.74, 6) is 1.21. The molecule has 1 saturated carbocycles. The quantitative estimate of drug-likeness (QED) is 0.102. The molecule has 0 aliphatic heterocycles. The zero-order chi connectivity index (χ0) is 30.7. The molecule has 0 radical (unpaired) electrons. The largest absolute Gasteiger partial charge is 0.492 e. The number of anilines is 1. The van der Waals surface area contributed by atoms with Crippen molar-refractivity contribution in [1.29, 1.82) is 0 Å². The Morgan fingerprint density at radius 1 is 0.955 bits per heavy atom. The van der Waals surface area contributed by atoms with E-state index in [1.165, 1.54) is 13.2 Å². The van der Waals surface area contributed by atoms with Gasteiger partial charge in [-0.1, -0.05) is 54.6 Å². The summed E-state index contributed by atoms with van der Waals surface area (Å²) in [5, 5.41) is 3.23. The number of hydrogen-bond acceptors (Lipinski definition) is 7. The minimum atomic E-state index is -0.715. The van der Waals surface area contributed by atoms with Gasteiger partial charge in [-0.25, -0.2) is 4.79 Å². The standard InChI is InChI=1S/C36H36N2O6/c1-42-36(41)33(37-32-12-6-5-11-31(32)35(40)28-8-3-2-4-9-28)24-26-15-17-30(18-16-26)44-23-21-38(25-27-13-14-27)34(39)20-19-29-10-7-22-43-29/h2-12,15-20,22,27,33,37H,13-14,21,23-25H2,1H3/b20-19+/t33-/m0/s1. The van der Waals surface area contributed by atoms with E-state index in [2.05, 4.69) is 5.32 Å². The summed E-state index contributed by atoms with van der Waals surface area (Å²) in [4.78, 5) is 40.6. The Balaban J connectivity index is 1.18. The molecule has 1 fully saturated rings. The van der Waals surface area contributed by atoms with Gasteiger partial charge in [0.25, 0.3) is 0 Å². The molecule has 0 saturated heterocycles. The predicted octanol–water partition coefficient (Wildman–Crippen LogP) is 6.04. The number of rotatable bonds is 15.